The largest absolute Gasteiger partial charge is 0.454 e. The zero-order valence-electron chi connectivity index (χ0n) is 11.3. The lowest BCUT2D eigenvalue weighted by Crippen LogP contribution is -1.97. The fourth-order valence-electron chi connectivity index (χ4n) is 2.11. The second kappa shape index (κ2) is 5.61. The molecule has 0 aliphatic heterocycles. The van der Waals surface area contributed by atoms with Crippen LogP contribution in [0.3, 0.4) is 0 Å². The first kappa shape index (κ1) is 13.1. The lowest BCUT2D eigenvalue weighted by Gasteiger charge is -2.09. The fourth-order valence-corrected chi connectivity index (χ4v) is 2.11. The van der Waals surface area contributed by atoms with Gasteiger partial charge in [-0.1, -0.05) is 24.3 Å². The predicted octanol–water partition coefficient (Wildman–Crippen LogP) is 3.36. The normalized spacial score (nSPS) is 10.3. The first-order chi connectivity index (χ1) is 10.3. The van der Waals surface area contributed by atoms with Crippen LogP contribution < -0.4 is 10.5 Å². The molecule has 0 spiro atoms. The summed E-state index contributed by atoms with van der Waals surface area (Å²) in [5.74, 6) is 1.11. The van der Waals surface area contributed by atoms with Crippen LogP contribution in [0, 0.1) is 11.3 Å². The predicted molar refractivity (Wildman–Crippen MR) is 80.9 cm³/mol. The summed E-state index contributed by atoms with van der Waals surface area (Å²) in [6.07, 6.45) is 1.65. The Labute approximate surface area is 122 Å². The number of hydrogen-bond donors (Lipinski definition) is 1. The minimum absolute atomic E-state index is 0.395. The van der Waals surface area contributed by atoms with E-state index in [0.29, 0.717) is 23.6 Å². The van der Waals surface area contributed by atoms with Gasteiger partial charge >= 0.3 is 0 Å². The molecule has 2 N–H and O–H groups in total. The van der Waals surface area contributed by atoms with Crippen LogP contribution in [0.15, 0.2) is 54.7 Å². The summed E-state index contributed by atoms with van der Waals surface area (Å²) in [5.41, 5.74) is 7.85. The van der Waals surface area contributed by atoms with Crippen molar-refractivity contribution in [1.82, 2.24) is 4.98 Å². The molecule has 1 heterocycles. The van der Waals surface area contributed by atoms with Crippen molar-refractivity contribution in [3.8, 4) is 17.6 Å². The molecule has 0 bridgehead atoms. The van der Waals surface area contributed by atoms with Crippen molar-refractivity contribution in [3.05, 3.63) is 65.9 Å². The Balaban J connectivity index is 1.96. The van der Waals surface area contributed by atoms with Gasteiger partial charge in [0, 0.05) is 11.9 Å². The van der Waals surface area contributed by atoms with Gasteiger partial charge in [0.1, 0.15) is 17.6 Å². The molecule has 4 heteroatoms. The highest BCUT2D eigenvalue weighted by molar-refractivity contribution is 5.79. The number of benzene rings is 2. The molecule has 0 aliphatic rings. The molecule has 102 valence electrons. The van der Waals surface area contributed by atoms with Gasteiger partial charge in [0.15, 0.2) is 0 Å². The molecule has 0 aliphatic carbocycles. The number of pyridine rings is 1. The number of nitrogens with two attached hydrogens (primary N) is 1. The Morgan fingerprint density at radius 2 is 2.00 bits per heavy atom. The molecule has 0 atom stereocenters. The number of ether oxygens (including phenoxy) is 1. The quantitative estimate of drug-likeness (QED) is 0.795. The Morgan fingerprint density at radius 3 is 2.81 bits per heavy atom. The van der Waals surface area contributed by atoms with Gasteiger partial charge in [-0.3, -0.25) is 4.98 Å². The molecule has 3 aromatic rings. The Morgan fingerprint density at radius 1 is 1.14 bits per heavy atom. The van der Waals surface area contributed by atoms with E-state index < -0.39 is 0 Å². The smallest absolute Gasteiger partial charge is 0.146 e. The average molecular weight is 275 g/mol. The molecule has 2 aromatic carbocycles. The number of fused-ring (bicyclic) bond motifs is 1. The van der Waals surface area contributed by atoms with Gasteiger partial charge in [0.2, 0.25) is 0 Å². The molecular weight excluding hydrogens is 262 g/mol. The van der Waals surface area contributed by atoms with Gasteiger partial charge in [-0.25, -0.2) is 0 Å². The number of rotatable bonds is 3. The average Bonchev–Trinajstić information content (AvgIpc) is 2.55. The van der Waals surface area contributed by atoms with Crippen molar-refractivity contribution < 1.29 is 4.74 Å². The second-order valence-electron chi connectivity index (χ2n) is 4.61. The molecule has 1 aromatic heterocycles. The number of nitrogens with zero attached hydrogens (tertiary/aromatic N) is 2. The molecular formula is C17H13N3O. The minimum Gasteiger partial charge on any atom is -0.454 e. The molecule has 0 unspecified atom stereocenters. The van der Waals surface area contributed by atoms with Gasteiger partial charge in [0.25, 0.3) is 0 Å². The van der Waals surface area contributed by atoms with Crippen LogP contribution in [0.1, 0.15) is 11.1 Å². The van der Waals surface area contributed by atoms with E-state index in [0.717, 1.165) is 16.5 Å². The van der Waals surface area contributed by atoms with E-state index in [2.05, 4.69) is 11.1 Å². The van der Waals surface area contributed by atoms with E-state index >= 15 is 0 Å². The molecule has 21 heavy (non-hydrogen) atoms. The SMILES string of the molecule is N#Cc1cc(CN)ccc1Oc1cnc2ccccc2c1. The number of aromatic nitrogens is 1. The molecule has 0 saturated carbocycles. The number of nitriles is 1. The summed E-state index contributed by atoms with van der Waals surface area (Å²) >= 11 is 0. The highest BCUT2D eigenvalue weighted by Gasteiger charge is 2.07. The zero-order valence-corrected chi connectivity index (χ0v) is 11.3. The van der Waals surface area contributed by atoms with E-state index in [9.17, 15) is 5.26 Å². The van der Waals surface area contributed by atoms with E-state index in [-0.39, 0.29) is 0 Å². The van der Waals surface area contributed by atoms with Crippen molar-refractivity contribution in [1.29, 1.82) is 5.26 Å². The molecule has 3 rings (SSSR count). The molecule has 0 radical (unpaired) electrons. The van der Waals surface area contributed by atoms with Gasteiger partial charge in [-0.15, -0.1) is 0 Å². The number of hydrogen-bond acceptors (Lipinski definition) is 4. The van der Waals surface area contributed by atoms with Crippen molar-refractivity contribution in [2.45, 2.75) is 6.54 Å². The van der Waals surface area contributed by atoms with Crippen LogP contribution in [0.2, 0.25) is 0 Å². The fraction of sp³-hybridized carbons (Fsp3) is 0.0588. The first-order valence-electron chi connectivity index (χ1n) is 6.56. The molecule has 0 amide bonds. The molecule has 0 fully saturated rings. The van der Waals surface area contributed by atoms with E-state index in [1.165, 1.54) is 0 Å². The lowest BCUT2D eigenvalue weighted by atomic mass is 10.1. The standard InChI is InChI=1S/C17H13N3O/c18-9-12-5-6-17(14(7-12)10-19)21-15-8-13-3-1-2-4-16(13)20-11-15/h1-8,11H,9,18H2. The van der Waals surface area contributed by atoms with E-state index in [1.54, 1.807) is 18.3 Å². The molecule has 0 saturated heterocycles. The maximum absolute atomic E-state index is 9.20. The summed E-state index contributed by atoms with van der Waals surface area (Å²) < 4.78 is 5.78. The zero-order chi connectivity index (χ0) is 14.7. The summed E-state index contributed by atoms with van der Waals surface area (Å²) in [4.78, 5) is 4.34. The molecule has 4 nitrogen and oxygen atoms in total. The monoisotopic (exact) mass is 275 g/mol. The Kier molecular flexibility index (Phi) is 3.50. The third-order valence-electron chi connectivity index (χ3n) is 3.19. The van der Waals surface area contributed by atoms with Crippen LogP contribution in [0.25, 0.3) is 10.9 Å². The maximum atomic E-state index is 9.20. The highest BCUT2D eigenvalue weighted by Crippen LogP contribution is 2.27. The highest BCUT2D eigenvalue weighted by atomic mass is 16.5. The summed E-state index contributed by atoms with van der Waals surface area (Å²) in [6.45, 7) is 0.395. The maximum Gasteiger partial charge on any atom is 0.146 e. The van der Waals surface area contributed by atoms with Crippen LogP contribution in [0.4, 0.5) is 0 Å². The van der Waals surface area contributed by atoms with Gasteiger partial charge in [-0.2, -0.15) is 5.26 Å². The van der Waals surface area contributed by atoms with Gasteiger partial charge < -0.3 is 10.5 Å². The first-order valence-corrected chi connectivity index (χ1v) is 6.56. The van der Waals surface area contributed by atoms with Crippen molar-refractivity contribution in [2.24, 2.45) is 5.73 Å². The number of para-hydroxylation sites is 1. The van der Waals surface area contributed by atoms with Crippen molar-refractivity contribution in [3.63, 3.8) is 0 Å². The van der Waals surface area contributed by atoms with E-state index in [1.807, 2.05) is 36.4 Å². The van der Waals surface area contributed by atoms with Crippen LogP contribution in [0.5, 0.6) is 11.5 Å². The van der Waals surface area contributed by atoms with E-state index in [4.69, 9.17) is 10.5 Å². The lowest BCUT2D eigenvalue weighted by molar-refractivity contribution is 0.479. The Hall–Kier alpha value is -2.90. The van der Waals surface area contributed by atoms with Crippen LogP contribution >= 0.6 is 0 Å². The Bertz CT molecular complexity index is 837. The second-order valence-corrected chi connectivity index (χ2v) is 4.61. The van der Waals surface area contributed by atoms with Crippen molar-refractivity contribution in [2.75, 3.05) is 0 Å². The minimum atomic E-state index is 0.395. The summed E-state index contributed by atoms with van der Waals surface area (Å²) in [7, 11) is 0. The third-order valence-corrected chi connectivity index (χ3v) is 3.19. The van der Waals surface area contributed by atoms with Crippen LogP contribution in [-0.4, -0.2) is 4.98 Å². The van der Waals surface area contributed by atoms with Gasteiger partial charge in [-0.05, 0) is 29.8 Å². The topological polar surface area (TPSA) is 71.9 Å². The van der Waals surface area contributed by atoms with Crippen LogP contribution in [-0.2, 0) is 6.54 Å². The third kappa shape index (κ3) is 2.69. The summed E-state index contributed by atoms with van der Waals surface area (Å²) in [6, 6.07) is 17.2. The van der Waals surface area contributed by atoms with Crippen molar-refractivity contribution >= 4 is 10.9 Å². The summed E-state index contributed by atoms with van der Waals surface area (Å²) in [5, 5.41) is 10.2. The van der Waals surface area contributed by atoms with Gasteiger partial charge in [0.05, 0.1) is 17.3 Å².